The number of nitrogens with one attached hydrogen (secondary N) is 1. The summed E-state index contributed by atoms with van der Waals surface area (Å²) < 4.78 is 1.09. The molecule has 4 aliphatic rings. The average Bonchev–Trinajstić information content (AvgIpc) is 3.14. The highest BCUT2D eigenvalue weighted by atomic mass is 79.9. The average molecular weight is 446 g/mol. The molecule has 0 amide bonds. The molecule has 0 atom stereocenters. The topological polar surface area (TPSA) is 58.6 Å². The number of hydrogen-bond acceptors (Lipinski definition) is 4. The van der Waals surface area contributed by atoms with E-state index >= 15 is 0 Å². The quantitative estimate of drug-likeness (QED) is 0.639. The van der Waals surface area contributed by atoms with Gasteiger partial charge in [-0.2, -0.15) is 5.10 Å². The van der Waals surface area contributed by atoms with Crippen LogP contribution in [-0.4, -0.2) is 26.7 Å². The van der Waals surface area contributed by atoms with Crippen LogP contribution in [0.4, 0.5) is 0 Å². The first-order valence-electron chi connectivity index (χ1n) is 9.88. The highest BCUT2D eigenvalue weighted by Gasteiger charge is 2.51. The lowest BCUT2D eigenvalue weighted by Crippen LogP contribution is -2.48. The molecule has 0 aliphatic heterocycles. The molecule has 4 fully saturated rings. The minimum absolute atomic E-state index is 0.208. The van der Waals surface area contributed by atoms with Crippen LogP contribution in [0.15, 0.2) is 34.2 Å². The predicted octanol–water partition coefficient (Wildman–Crippen LogP) is 4.94. The van der Waals surface area contributed by atoms with Gasteiger partial charge in [0, 0.05) is 10.9 Å². The van der Waals surface area contributed by atoms with Crippen LogP contribution < -0.4 is 0 Å². The lowest BCUT2D eigenvalue weighted by atomic mass is 9.48. The zero-order chi connectivity index (χ0) is 18.4. The zero-order valence-corrected chi connectivity index (χ0v) is 17.7. The fourth-order valence-corrected chi connectivity index (χ4v) is 7.32. The molecular weight excluding hydrogens is 422 g/mol. The molecule has 4 saturated carbocycles. The normalized spacial score (nSPS) is 31.4. The van der Waals surface area contributed by atoms with Crippen LogP contribution in [-0.2, 0) is 16.6 Å². The summed E-state index contributed by atoms with van der Waals surface area (Å²) in [4.78, 5) is 16.4. The van der Waals surface area contributed by atoms with Crippen LogP contribution in [0.1, 0.15) is 49.7 Å². The van der Waals surface area contributed by atoms with Gasteiger partial charge in [0.05, 0.1) is 5.75 Å². The first-order chi connectivity index (χ1) is 13.1. The number of thioether (sulfide) groups is 1. The van der Waals surface area contributed by atoms with E-state index in [1.165, 1.54) is 62.2 Å². The monoisotopic (exact) mass is 445 g/mol. The molecule has 4 aliphatic carbocycles. The molecule has 0 radical (unpaired) electrons. The number of nitrogens with zero attached hydrogens (tertiary/aromatic N) is 2. The van der Waals surface area contributed by atoms with Crippen molar-refractivity contribution in [2.45, 2.75) is 55.5 Å². The van der Waals surface area contributed by atoms with E-state index in [1.807, 2.05) is 0 Å². The summed E-state index contributed by atoms with van der Waals surface area (Å²) in [6, 6.07) is 6.80. The number of halogens is 1. The van der Waals surface area contributed by atoms with Crippen LogP contribution in [0, 0.1) is 17.8 Å². The number of hydrogen-bond donors (Lipinski definition) is 1. The molecule has 0 spiro atoms. The standard InChI is InChI=1S/C21H24BrN3OS/c22-19-7-17(21-8-13-3-14(9-21)5-15(4-13)10-21)2-1-16(19)6-18(26)11-27-20-23-12-24-25-20/h1-2,7,12-15H,3-6,8-11H2,(H,23,24,25). The molecule has 0 saturated heterocycles. The molecule has 1 aromatic heterocycles. The second-order valence-electron chi connectivity index (χ2n) is 8.80. The summed E-state index contributed by atoms with van der Waals surface area (Å²) in [5.74, 6) is 3.47. The van der Waals surface area contributed by atoms with E-state index < -0.39 is 0 Å². The Balaban J connectivity index is 1.29. The summed E-state index contributed by atoms with van der Waals surface area (Å²) in [6.07, 6.45) is 10.4. The van der Waals surface area contributed by atoms with Crippen molar-refractivity contribution >= 4 is 33.5 Å². The largest absolute Gasteiger partial charge is 0.298 e. The molecule has 142 valence electrons. The van der Waals surface area contributed by atoms with E-state index in [-0.39, 0.29) is 5.78 Å². The number of aromatic amines is 1. The maximum atomic E-state index is 12.4. The number of carbonyl (C=O) groups is 1. The first-order valence-corrected chi connectivity index (χ1v) is 11.7. The molecular formula is C21H24BrN3OS. The van der Waals surface area contributed by atoms with E-state index in [2.05, 4.69) is 49.3 Å². The SMILES string of the molecule is O=C(CSc1ncn[nH]1)Cc1ccc(C23CC4CC(CC(C4)C2)C3)cc1Br. The van der Waals surface area contributed by atoms with E-state index in [0.717, 1.165) is 27.8 Å². The summed E-state index contributed by atoms with van der Waals surface area (Å²) in [7, 11) is 0. The fraction of sp³-hybridized carbons (Fsp3) is 0.571. The number of benzene rings is 1. The van der Waals surface area contributed by atoms with Gasteiger partial charge in [-0.25, -0.2) is 4.98 Å². The number of Topliss-reactive ketones (excluding diaryl/α,β-unsaturated/α-hetero) is 1. The first kappa shape index (κ1) is 17.9. The van der Waals surface area contributed by atoms with Crippen LogP contribution >= 0.6 is 27.7 Å². The Morgan fingerprint density at radius 2 is 1.89 bits per heavy atom. The van der Waals surface area contributed by atoms with Gasteiger partial charge in [0.25, 0.3) is 0 Å². The highest BCUT2D eigenvalue weighted by Crippen LogP contribution is 2.60. The number of ketones is 1. The molecule has 1 heterocycles. The van der Waals surface area contributed by atoms with Gasteiger partial charge in [-0.1, -0.05) is 39.8 Å². The second-order valence-corrected chi connectivity index (χ2v) is 10.6. The Morgan fingerprint density at radius 3 is 2.48 bits per heavy atom. The van der Waals surface area contributed by atoms with Crippen molar-refractivity contribution in [3.8, 4) is 0 Å². The maximum Gasteiger partial charge on any atom is 0.183 e. The summed E-state index contributed by atoms with van der Waals surface area (Å²) in [6.45, 7) is 0. The maximum absolute atomic E-state index is 12.4. The second kappa shape index (κ2) is 7.03. The lowest BCUT2D eigenvalue weighted by molar-refractivity contribution is -0.116. The molecule has 2 aromatic rings. The summed E-state index contributed by atoms with van der Waals surface area (Å²) in [5.41, 5.74) is 2.99. The van der Waals surface area contributed by atoms with Gasteiger partial charge in [0.1, 0.15) is 12.1 Å². The highest BCUT2D eigenvalue weighted by molar-refractivity contribution is 9.10. The molecule has 4 nitrogen and oxygen atoms in total. The summed E-state index contributed by atoms with van der Waals surface area (Å²) >= 11 is 5.17. The Labute approximate surface area is 172 Å². The van der Waals surface area contributed by atoms with Gasteiger partial charge < -0.3 is 0 Å². The third kappa shape index (κ3) is 3.51. The van der Waals surface area contributed by atoms with Crippen molar-refractivity contribution < 1.29 is 4.79 Å². The van der Waals surface area contributed by atoms with Crippen molar-refractivity contribution in [3.63, 3.8) is 0 Å². The van der Waals surface area contributed by atoms with Crippen molar-refractivity contribution in [1.82, 2.24) is 15.2 Å². The van der Waals surface area contributed by atoms with Gasteiger partial charge in [0.2, 0.25) is 0 Å². The molecule has 0 unspecified atom stereocenters. The van der Waals surface area contributed by atoms with Gasteiger partial charge in [-0.3, -0.25) is 9.89 Å². The van der Waals surface area contributed by atoms with Crippen molar-refractivity contribution in [2.24, 2.45) is 17.8 Å². The molecule has 1 aromatic carbocycles. The Kier molecular flexibility index (Phi) is 4.67. The molecule has 6 rings (SSSR count). The Bertz CT molecular complexity index is 816. The number of rotatable bonds is 6. The minimum atomic E-state index is 0.208. The summed E-state index contributed by atoms with van der Waals surface area (Å²) in [5, 5.41) is 7.28. The van der Waals surface area contributed by atoms with Gasteiger partial charge >= 0.3 is 0 Å². The van der Waals surface area contributed by atoms with E-state index in [0.29, 0.717) is 22.7 Å². The third-order valence-electron chi connectivity index (χ3n) is 6.85. The molecule has 1 N–H and O–H groups in total. The van der Waals surface area contributed by atoms with E-state index in [4.69, 9.17) is 0 Å². The number of H-pyrrole nitrogens is 1. The predicted molar refractivity (Wildman–Crippen MR) is 110 cm³/mol. The lowest BCUT2D eigenvalue weighted by Gasteiger charge is -2.57. The van der Waals surface area contributed by atoms with E-state index in [9.17, 15) is 4.79 Å². The van der Waals surface area contributed by atoms with Crippen molar-refractivity contribution in [1.29, 1.82) is 0 Å². The van der Waals surface area contributed by atoms with Gasteiger partial charge in [-0.05, 0) is 78.9 Å². The smallest absolute Gasteiger partial charge is 0.183 e. The Morgan fingerprint density at radius 1 is 1.19 bits per heavy atom. The number of carbonyl (C=O) groups excluding carboxylic acids is 1. The van der Waals surface area contributed by atoms with Crippen molar-refractivity contribution in [2.75, 3.05) is 5.75 Å². The van der Waals surface area contributed by atoms with Crippen LogP contribution in [0.25, 0.3) is 0 Å². The Hall–Kier alpha value is -1.14. The third-order valence-corrected chi connectivity index (χ3v) is 8.53. The molecule has 27 heavy (non-hydrogen) atoms. The molecule has 4 bridgehead atoms. The zero-order valence-electron chi connectivity index (χ0n) is 15.3. The minimum Gasteiger partial charge on any atom is -0.298 e. The van der Waals surface area contributed by atoms with E-state index in [1.54, 1.807) is 0 Å². The van der Waals surface area contributed by atoms with Crippen molar-refractivity contribution in [3.05, 3.63) is 40.1 Å². The van der Waals surface area contributed by atoms with Crippen LogP contribution in [0.2, 0.25) is 0 Å². The number of aromatic nitrogens is 3. The van der Waals surface area contributed by atoms with Crippen LogP contribution in [0.3, 0.4) is 0 Å². The van der Waals surface area contributed by atoms with Crippen LogP contribution in [0.5, 0.6) is 0 Å². The van der Waals surface area contributed by atoms with Gasteiger partial charge in [0.15, 0.2) is 5.16 Å². The fourth-order valence-electron chi connectivity index (χ4n) is 6.16. The van der Waals surface area contributed by atoms with Gasteiger partial charge in [-0.15, -0.1) is 0 Å². The molecule has 6 heteroatoms.